The number of nitrogens with one attached hydrogen (secondary N) is 2. The van der Waals surface area contributed by atoms with Crippen molar-refractivity contribution in [2.24, 2.45) is 0 Å². The number of pyridine rings is 2. The monoisotopic (exact) mass is 692 g/mol. The Kier molecular flexibility index (Phi) is 14.9. The molecule has 4 heterocycles. The number of nitrogen functional groups attached to an aromatic ring is 2. The Labute approximate surface area is 295 Å². The van der Waals surface area contributed by atoms with E-state index in [1.807, 2.05) is 12.1 Å². The first kappa shape index (κ1) is 39.3. The van der Waals surface area contributed by atoms with Gasteiger partial charge in [0, 0.05) is 36.3 Å². The average molecular weight is 693 g/mol. The molecule has 0 spiro atoms. The van der Waals surface area contributed by atoms with E-state index in [4.69, 9.17) is 23.1 Å². The topological polar surface area (TPSA) is 188 Å². The zero-order valence-electron chi connectivity index (χ0n) is 29.9. The number of anilines is 4. The van der Waals surface area contributed by atoms with Crippen LogP contribution >= 0.6 is 11.6 Å². The summed E-state index contributed by atoms with van der Waals surface area (Å²) in [4.78, 5) is 48.8. The van der Waals surface area contributed by atoms with E-state index in [1.54, 1.807) is 32.3 Å². The predicted octanol–water partition coefficient (Wildman–Crippen LogP) is 8.11. The number of nitrogens with zero attached hydrogens (tertiary/aromatic N) is 6. The van der Waals surface area contributed by atoms with Gasteiger partial charge in [-0.2, -0.15) is 9.97 Å². The molecular formula is C36H53ClN10O2. The van der Waals surface area contributed by atoms with E-state index in [2.05, 4.69) is 68.2 Å². The molecule has 0 saturated carbocycles. The molecule has 0 bridgehead atoms. The summed E-state index contributed by atoms with van der Waals surface area (Å²) in [6.45, 7) is 11.9. The standard InChI is InChI=1S/C18H26ClN5O.C18H27N5O/c1-4-5-6-8-18(3,9-7-12(2)25)24-16-15-14(22-17(20)23-16)10-13(19)11-21-15;1-4-5-6-10-18(3,11-9-13(2)24)23-16-15-14(8-7-12-20-15)21-17(19)22-16/h10-11H,4-9H2,1-3H3,(H3,20,22,23,24);7-8,12H,4-6,9-11H2,1-3H3,(H3,19,21,22,23)/t2*18-/m00/s1. The largest absolute Gasteiger partial charge is 0.368 e. The highest BCUT2D eigenvalue weighted by atomic mass is 35.5. The van der Waals surface area contributed by atoms with Crippen LogP contribution in [0.3, 0.4) is 0 Å². The number of unbranched alkanes of at least 4 members (excludes halogenated alkanes) is 4. The van der Waals surface area contributed by atoms with Gasteiger partial charge in [0.15, 0.2) is 11.6 Å². The number of carbonyl (C=O) groups is 2. The van der Waals surface area contributed by atoms with Gasteiger partial charge in [-0.15, -0.1) is 0 Å². The maximum Gasteiger partial charge on any atom is 0.222 e. The second-order valence-corrected chi connectivity index (χ2v) is 13.9. The van der Waals surface area contributed by atoms with Crippen LogP contribution in [0.15, 0.2) is 30.6 Å². The van der Waals surface area contributed by atoms with E-state index in [0.717, 1.165) is 63.3 Å². The Morgan fingerprint density at radius 2 is 1.22 bits per heavy atom. The number of rotatable bonds is 18. The molecule has 49 heavy (non-hydrogen) atoms. The van der Waals surface area contributed by atoms with Crippen LogP contribution in [0.4, 0.5) is 23.5 Å². The van der Waals surface area contributed by atoms with Crippen molar-refractivity contribution in [2.75, 3.05) is 22.1 Å². The third-order valence-corrected chi connectivity index (χ3v) is 8.76. The van der Waals surface area contributed by atoms with Crippen LogP contribution in [0, 0.1) is 0 Å². The molecule has 13 heteroatoms. The normalized spacial score (nSPS) is 13.6. The molecular weight excluding hydrogens is 640 g/mol. The van der Waals surface area contributed by atoms with Gasteiger partial charge in [0.1, 0.15) is 22.6 Å². The maximum atomic E-state index is 11.5. The van der Waals surface area contributed by atoms with Crippen molar-refractivity contribution in [3.63, 3.8) is 0 Å². The van der Waals surface area contributed by atoms with Gasteiger partial charge < -0.3 is 31.7 Å². The summed E-state index contributed by atoms with van der Waals surface area (Å²) < 4.78 is 0. The van der Waals surface area contributed by atoms with Crippen molar-refractivity contribution in [1.82, 2.24) is 29.9 Å². The van der Waals surface area contributed by atoms with Gasteiger partial charge in [-0.3, -0.25) is 4.98 Å². The fourth-order valence-corrected chi connectivity index (χ4v) is 5.83. The van der Waals surface area contributed by atoms with E-state index < -0.39 is 0 Å². The van der Waals surface area contributed by atoms with Gasteiger partial charge in [-0.05, 0) is 71.6 Å². The lowest BCUT2D eigenvalue weighted by atomic mass is 9.88. The second-order valence-electron chi connectivity index (χ2n) is 13.4. The summed E-state index contributed by atoms with van der Waals surface area (Å²) in [6, 6.07) is 5.42. The lowest BCUT2D eigenvalue weighted by molar-refractivity contribution is -0.118. The second kappa shape index (κ2) is 18.5. The molecule has 0 amide bonds. The molecule has 0 aliphatic heterocycles. The van der Waals surface area contributed by atoms with Crippen molar-refractivity contribution in [3.05, 3.63) is 35.6 Å². The summed E-state index contributed by atoms with van der Waals surface area (Å²) >= 11 is 6.00. The lowest BCUT2D eigenvalue weighted by Crippen LogP contribution is -2.36. The van der Waals surface area contributed by atoms with Crippen LogP contribution in [-0.4, -0.2) is 52.5 Å². The highest BCUT2D eigenvalue weighted by Gasteiger charge is 2.27. The van der Waals surface area contributed by atoms with Gasteiger partial charge in [0.25, 0.3) is 0 Å². The Hall–Kier alpha value is -4.19. The number of hydrogen-bond acceptors (Lipinski definition) is 12. The fraction of sp³-hybridized carbons (Fsp3) is 0.556. The quantitative estimate of drug-likeness (QED) is 0.0734. The van der Waals surface area contributed by atoms with Crippen LogP contribution in [0.2, 0.25) is 5.02 Å². The SMILES string of the molecule is CCCCC[C@@](C)(CCC(C)=O)Nc1nc(N)nc2cc(Cl)cnc12.CCCCC[C@@](C)(CCC(C)=O)Nc1nc(N)nc2cccnc12. The Balaban J connectivity index is 0.000000266. The predicted molar refractivity (Wildman–Crippen MR) is 201 cm³/mol. The molecule has 266 valence electrons. The number of halogens is 1. The Morgan fingerprint density at radius 3 is 1.71 bits per heavy atom. The van der Waals surface area contributed by atoms with Crippen molar-refractivity contribution in [3.8, 4) is 0 Å². The van der Waals surface area contributed by atoms with Crippen molar-refractivity contribution < 1.29 is 9.59 Å². The van der Waals surface area contributed by atoms with E-state index >= 15 is 0 Å². The third kappa shape index (κ3) is 12.6. The average Bonchev–Trinajstić information content (AvgIpc) is 3.03. The van der Waals surface area contributed by atoms with E-state index in [0.29, 0.717) is 46.1 Å². The first-order chi connectivity index (χ1) is 23.3. The first-order valence-electron chi connectivity index (χ1n) is 17.3. The zero-order valence-corrected chi connectivity index (χ0v) is 30.7. The minimum absolute atomic E-state index is 0.168. The summed E-state index contributed by atoms with van der Waals surface area (Å²) in [5.41, 5.74) is 13.8. The molecule has 0 aromatic carbocycles. The highest BCUT2D eigenvalue weighted by molar-refractivity contribution is 6.31. The van der Waals surface area contributed by atoms with Crippen LogP contribution in [-0.2, 0) is 9.59 Å². The molecule has 2 atom stereocenters. The van der Waals surface area contributed by atoms with Gasteiger partial charge in [-0.25, -0.2) is 15.0 Å². The molecule has 0 radical (unpaired) electrons. The fourth-order valence-electron chi connectivity index (χ4n) is 5.68. The van der Waals surface area contributed by atoms with Crippen molar-refractivity contribution in [2.45, 2.75) is 130 Å². The van der Waals surface area contributed by atoms with E-state index in [-0.39, 0.29) is 34.5 Å². The molecule has 6 N–H and O–H groups in total. The molecule has 12 nitrogen and oxygen atoms in total. The highest BCUT2D eigenvalue weighted by Crippen LogP contribution is 2.31. The molecule has 0 fully saturated rings. The zero-order chi connectivity index (χ0) is 36.0. The molecule has 4 aromatic heterocycles. The van der Waals surface area contributed by atoms with Gasteiger partial charge in [-0.1, -0.05) is 64.0 Å². The Morgan fingerprint density at radius 1 is 0.735 bits per heavy atom. The molecule has 0 saturated heterocycles. The number of Topliss-reactive ketones (excluding diaryl/α,β-unsaturated/α-hetero) is 2. The van der Waals surface area contributed by atoms with Crippen LogP contribution in [0.1, 0.15) is 119 Å². The summed E-state index contributed by atoms with van der Waals surface area (Å²) in [7, 11) is 0. The van der Waals surface area contributed by atoms with Crippen molar-refractivity contribution >= 4 is 68.8 Å². The van der Waals surface area contributed by atoms with Gasteiger partial charge >= 0.3 is 0 Å². The lowest BCUT2D eigenvalue weighted by Gasteiger charge is -2.32. The first-order valence-corrected chi connectivity index (χ1v) is 17.7. The van der Waals surface area contributed by atoms with Crippen molar-refractivity contribution in [1.29, 1.82) is 0 Å². The third-order valence-electron chi connectivity index (χ3n) is 8.55. The molecule has 0 aliphatic carbocycles. The van der Waals surface area contributed by atoms with Gasteiger partial charge in [0.05, 0.1) is 16.1 Å². The molecule has 4 aromatic rings. The smallest absolute Gasteiger partial charge is 0.222 e. The van der Waals surface area contributed by atoms with E-state index in [1.165, 1.54) is 6.42 Å². The number of hydrogen-bond donors (Lipinski definition) is 4. The minimum Gasteiger partial charge on any atom is -0.368 e. The van der Waals surface area contributed by atoms with Crippen LogP contribution in [0.5, 0.6) is 0 Å². The summed E-state index contributed by atoms with van der Waals surface area (Å²) in [5, 5.41) is 7.49. The number of ketones is 2. The Bertz CT molecular complexity index is 1700. The molecule has 0 aliphatic rings. The van der Waals surface area contributed by atoms with E-state index in [9.17, 15) is 9.59 Å². The number of nitrogens with two attached hydrogens (primary N) is 2. The summed E-state index contributed by atoms with van der Waals surface area (Å²) in [5.74, 6) is 1.99. The molecule has 0 unspecified atom stereocenters. The van der Waals surface area contributed by atoms with Gasteiger partial charge in [0.2, 0.25) is 11.9 Å². The maximum absolute atomic E-state index is 11.5. The number of fused-ring (bicyclic) bond motifs is 2. The number of aromatic nitrogens is 6. The minimum atomic E-state index is -0.268. The molecule has 4 rings (SSSR count). The van der Waals surface area contributed by atoms with Crippen LogP contribution < -0.4 is 22.1 Å². The van der Waals surface area contributed by atoms with Crippen LogP contribution in [0.25, 0.3) is 22.1 Å². The summed E-state index contributed by atoms with van der Waals surface area (Å²) in [6.07, 6.45) is 14.5. The number of carbonyl (C=O) groups excluding carboxylic acids is 2.